The number of hydrogen-bond acceptors (Lipinski definition) is 1. The molecule has 1 heterocycles. The van der Waals surface area contributed by atoms with Gasteiger partial charge in [-0.05, 0) is 166 Å². The van der Waals surface area contributed by atoms with Crippen LogP contribution in [0.5, 0.6) is 0 Å². The summed E-state index contributed by atoms with van der Waals surface area (Å²) in [6.07, 6.45) is 0. The van der Waals surface area contributed by atoms with Gasteiger partial charge in [-0.3, -0.25) is 0 Å². The van der Waals surface area contributed by atoms with Crippen molar-refractivity contribution >= 4 is 82.0 Å². The first-order valence-corrected chi connectivity index (χ1v) is 24.8. The second kappa shape index (κ2) is 17.2. The minimum Gasteiger partial charge on any atom is -0.310 e. The van der Waals surface area contributed by atoms with Crippen molar-refractivity contribution in [3.8, 4) is 50.2 Å². The molecular weight excluding hydrogens is 869 g/mol. The Balaban J connectivity index is 0.872. The van der Waals surface area contributed by atoms with Crippen LogP contribution in [0.15, 0.2) is 279 Å². The number of hydrogen-bond donors (Lipinski definition) is 0. The van der Waals surface area contributed by atoms with E-state index in [0.717, 1.165) is 33.9 Å². The van der Waals surface area contributed by atoms with E-state index in [0.29, 0.717) is 0 Å². The maximum Gasteiger partial charge on any atom is 0.0547 e. The second-order valence-corrected chi connectivity index (χ2v) is 18.9. The summed E-state index contributed by atoms with van der Waals surface area (Å²) in [6, 6.07) is 102. The molecule has 13 aromatic carbocycles. The van der Waals surface area contributed by atoms with Crippen molar-refractivity contribution in [2.75, 3.05) is 4.90 Å². The van der Waals surface area contributed by atoms with Crippen molar-refractivity contribution in [1.29, 1.82) is 0 Å². The van der Waals surface area contributed by atoms with E-state index < -0.39 is 0 Å². The number of nitrogens with zero attached hydrogens (tertiary/aromatic N) is 2. The molecule has 0 saturated carbocycles. The van der Waals surface area contributed by atoms with Gasteiger partial charge in [-0.2, -0.15) is 0 Å². The number of aromatic nitrogens is 1. The molecule has 336 valence electrons. The van der Waals surface area contributed by atoms with E-state index in [1.54, 1.807) is 0 Å². The highest BCUT2D eigenvalue weighted by Gasteiger charge is 2.19. The zero-order valence-electron chi connectivity index (χ0n) is 39.5. The average Bonchev–Trinajstić information content (AvgIpc) is 3.80. The number of para-hydroxylation sites is 2. The van der Waals surface area contributed by atoms with Crippen LogP contribution >= 0.6 is 0 Å². The monoisotopic (exact) mass is 914 g/mol. The molecule has 0 unspecified atom stereocenters. The van der Waals surface area contributed by atoms with Crippen molar-refractivity contribution in [2.24, 2.45) is 0 Å². The van der Waals surface area contributed by atoms with Gasteiger partial charge in [-0.25, -0.2) is 0 Å². The van der Waals surface area contributed by atoms with Crippen molar-refractivity contribution < 1.29 is 0 Å². The molecular formula is C70H46N2. The maximum absolute atomic E-state index is 2.39. The van der Waals surface area contributed by atoms with Crippen LogP contribution in [0.2, 0.25) is 0 Å². The highest BCUT2D eigenvalue weighted by atomic mass is 15.1. The Morgan fingerprint density at radius 2 is 0.764 bits per heavy atom. The summed E-state index contributed by atoms with van der Waals surface area (Å²) < 4.78 is 2.39. The van der Waals surface area contributed by atoms with E-state index in [1.807, 2.05) is 0 Å². The summed E-state index contributed by atoms with van der Waals surface area (Å²) in [5, 5.41) is 12.6. The van der Waals surface area contributed by atoms with Gasteiger partial charge in [0.1, 0.15) is 0 Å². The van der Waals surface area contributed by atoms with Gasteiger partial charge in [0, 0.05) is 33.5 Å². The summed E-state index contributed by atoms with van der Waals surface area (Å²) in [5.41, 5.74) is 16.3. The quantitative estimate of drug-likeness (QED) is 0.138. The lowest BCUT2D eigenvalue weighted by Gasteiger charge is -2.26. The smallest absolute Gasteiger partial charge is 0.0547 e. The van der Waals surface area contributed by atoms with E-state index >= 15 is 0 Å². The topological polar surface area (TPSA) is 8.17 Å². The third-order valence-corrected chi connectivity index (χ3v) is 14.7. The zero-order chi connectivity index (χ0) is 47.5. The molecule has 1 aromatic heterocycles. The Labute approximate surface area is 418 Å². The van der Waals surface area contributed by atoms with Crippen LogP contribution in [0.25, 0.3) is 115 Å². The minimum absolute atomic E-state index is 1.08. The van der Waals surface area contributed by atoms with E-state index in [-0.39, 0.29) is 0 Å². The summed E-state index contributed by atoms with van der Waals surface area (Å²) in [4.78, 5) is 2.39. The SMILES string of the molecule is c1ccc(-n2c3ccccc3c3c(-c4cccc(-c5cccc(N(c6ccc(-c7ccc8c(ccc9ccccc98)c7)cc6)c6ccc(-c7cc8ccccc8c8ccccc78)cc6)c5)c4)cccc32)cc1. The molecule has 2 nitrogen and oxygen atoms in total. The molecule has 0 aliphatic heterocycles. The van der Waals surface area contributed by atoms with Gasteiger partial charge >= 0.3 is 0 Å². The predicted octanol–water partition coefficient (Wildman–Crippen LogP) is 19.5. The predicted molar refractivity (Wildman–Crippen MR) is 307 cm³/mol. The largest absolute Gasteiger partial charge is 0.310 e. The fourth-order valence-electron chi connectivity index (χ4n) is 11.3. The summed E-state index contributed by atoms with van der Waals surface area (Å²) >= 11 is 0. The Bertz CT molecular complexity index is 4370. The lowest BCUT2D eigenvalue weighted by atomic mass is 9.93. The Morgan fingerprint density at radius 3 is 1.56 bits per heavy atom. The van der Waals surface area contributed by atoms with E-state index in [4.69, 9.17) is 0 Å². The fraction of sp³-hybridized carbons (Fsp3) is 0. The van der Waals surface area contributed by atoms with Gasteiger partial charge in [-0.15, -0.1) is 0 Å². The third kappa shape index (κ3) is 7.03. The zero-order valence-corrected chi connectivity index (χ0v) is 39.5. The molecule has 14 rings (SSSR count). The molecule has 0 fully saturated rings. The van der Waals surface area contributed by atoms with Crippen LogP contribution in [0.4, 0.5) is 17.1 Å². The van der Waals surface area contributed by atoms with Gasteiger partial charge < -0.3 is 9.47 Å². The molecule has 0 radical (unpaired) electrons. The molecule has 0 N–H and O–H groups in total. The summed E-state index contributed by atoms with van der Waals surface area (Å²) in [5.74, 6) is 0. The second-order valence-electron chi connectivity index (χ2n) is 18.9. The third-order valence-electron chi connectivity index (χ3n) is 14.7. The van der Waals surface area contributed by atoms with Crippen molar-refractivity contribution in [3.05, 3.63) is 279 Å². The average molecular weight is 915 g/mol. The number of benzene rings is 13. The van der Waals surface area contributed by atoms with Crippen molar-refractivity contribution in [3.63, 3.8) is 0 Å². The first-order chi connectivity index (χ1) is 35.7. The highest BCUT2D eigenvalue weighted by Crippen LogP contribution is 2.43. The van der Waals surface area contributed by atoms with Crippen LogP contribution < -0.4 is 4.90 Å². The molecule has 2 heteroatoms. The first kappa shape index (κ1) is 41.5. The minimum atomic E-state index is 1.08. The van der Waals surface area contributed by atoms with E-state index in [9.17, 15) is 0 Å². The number of anilines is 3. The van der Waals surface area contributed by atoms with Crippen LogP contribution in [-0.2, 0) is 0 Å². The van der Waals surface area contributed by atoms with Crippen LogP contribution in [-0.4, -0.2) is 4.57 Å². The normalized spacial score (nSPS) is 11.6. The molecule has 0 bridgehead atoms. The lowest BCUT2D eigenvalue weighted by Crippen LogP contribution is -2.10. The van der Waals surface area contributed by atoms with E-state index in [2.05, 4.69) is 289 Å². The Kier molecular flexibility index (Phi) is 9.89. The van der Waals surface area contributed by atoms with Crippen LogP contribution in [0.1, 0.15) is 0 Å². The molecule has 0 aliphatic rings. The van der Waals surface area contributed by atoms with Gasteiger partial charge in [0.2, 0.25) is 0 Å². The van der Waals surface area contributed by atoms with Crippen LogP contribution in [0, 0.1) is 0 Å². The molecule has 0 saturated heterocycles. The highest BCUT2D eigenvalue weighted by molar-refractivity contribution is 6.16. The maximum atomic E-state index is 2.39. The Morgan fingerprint density at radius 1 is 0.236 bits per heavy atom. The van der Waals surface area contributed by atoms with Gasteiger partial charge in [0.05, 0.1) is 11.0 Å². The molecule has 72 heavy (non-hydrogen) atoms. The fourth-order valence-corrected chi connectivity index (χ4v) is 11.3. The van der Waals surface area contributed by atoms with Gasteiger partial charge in [0.15, 0.2) is 0 Å². The first-order valence-electron chi connectivity index (χ1n) is 24.8. The molecule has 0 amide bonds. The molecule has 0 spiro atoms. The number of fused-ring (bicyclic) bond motifs is 9. The summed E-state index contributed by atoms with van der Waals surface area (Å²) in [6.45, 7) is 0. The molecule has 14 aromatic rings. The molecule has 0 aliphatic carbocycles. The van der Waals surface area contributed by atoms with Gasteiger partial charge in [-0.1, -0.05) is 200 Å². The van der Waals surface area contributed by atoms with Crippen molar-refractivity contribution in [2.45, 2.75) is 0 Å². The van der Waals surface area contributed by atoms with Crippen molar-refractivity contribution in [1.82, 2.24) is 4.57 Å². The standard InChI is InChI=1S/C70H46N2/c1-2-20-56(21-3-1)72-68-29-11-10-27-66(68)70-63(28-14-30-69(70)72)53-19-12-17-50(43-53)51-18-13-22-59(45-51)71(57-38-33-47(34-39-57)52-37-42-62-55(44-52)32-31-48-15-4-6-23-60(48)62)58-40-35-49(36-41-58)67-46-54-16-5-7-24-61(54)64-25-8-9-26-65(64)67/h1-46H. The van der Waals surface area contributed by atoms with E-state index in [1.165, 1.54) is 98.3 Å². The Hall–Kier alpha value is -9.50. The summed E-state index contributed by atoms with van der Waals surface area (Å²) in [7, 11) is 0. The number of rotatable bonds is 8. The van der Waals surface area contributed by atoms with Crippen LogP contribution in [0.3, 0.4) is 0 Å². The van der Waals surface area contributed by atoms with Gasteiger partial charge in [0.25, 0.3) is 0 Å². The molecule has 0 atom stereocenters. The lowest BCUT2D eigenvalue weighted by molar-refractivity contribution is 1.18.